The average Bonchev–Trinajstić information content (AvgIpc) is 3.39. The molecule has 2 heterocycles. The van der Waals surface area contributed by atoms with Gasteiger partial charge in [-0.05, 0) is 67.9 Å². The van der Waals surface area contributed by atoms with Gasteiger partial charge in [-0.15, -0.1) is 0 Å². The van der Waals surface area contributed by atoms with Crippen LogP contribution in [-0.4, -0.2) is 72.5 Å². The number of amides is 3. The molecule has 12 heteroatoms. The second-order valence-corrected chi connectivity index (χ2v) is 9.86. The van der Waals surface area contributed by atoms with Gasteiger partial charge in [0.2, 0.25) is 5.91 Å². The summed E-state index contributed by atoms with van der Waals surface area (Å²) in [6, 6.07) is 13.8. The van der Waals surface area contributed by atoms with Crippen LogP contribution in [0.15, 0.2) is 54.7 Å². The summed E-state index contributed by atoms with van der Waals surface area (Å²) >= 11 is 5.92. The molecule has 3 amide bonds. The maximum atomic E-state index is 12.6. The third-order valence-corrected chi connectivity index (χ3v) is 6.86. The molecule has 0 spiro atoms. The lowest BCUT2D eigenvalue weighted by atomic mass is 9.97. The molecular formula is C28H33ClN6O5. The lowest BCUT2D eigenvalue weighted by Crippen LogP contribution is -2.45. The number of aromatic nitrogens is 2. The lowest BCUT2D eigenvalue weighted by molar-refractivity contribution is -0.141. The van der Waals surface area contributed by atoms with Gasteiger partial charge in [-0.2, -0.15) is 5.10 Å². The molecule has 1 aromatic heterocycles. The zero-order valence-corrected chi connectivity index (χ0v) is 23.2. The van der Waals surface area contributed by atoms with Gasteiger partial charge in [-0.25, -0.2) is 4.79 Å². The minimum Gasteiger partial charge on any atom is -0.492 e. The third-order valence-electron chi connectivity index (χ3n) is 6.61. The molecule has 1 aliphatic rings. The molecule has 11 nitrogen and oxygen atoms in total. The fourth-order valence-corrected chi connectivity index (χ4v) is 4.66. The summed E-state index contributed by atoms with van der Waals surface area (Å²) in [6.45, 7) is 2.38. The number of likely N-dealkylation sites (tertiary alicyclic amines) is 1. The first-order chi connectivity index (χ1) is 19.3. The van der Waals surface area contributed by atoms with Crippen LogP contribution in [0.5, 0.6) is 5.75 Å². The van der Waals surface area contributed by atoms with Gasteiger partial charge < -0.3 is 25.4 Å². The summed E-state index contributed by atoms with van der Waals surface area (Å²) in [6.07, 6.45) is 3.36. The number of rotatable bonds is 10. The van der Waals surface area contributed by atoms with Crippen LogP contribution < -0.4 is 20.7 Å². The molecule has 0 bridgehead atoms. The van der Waals surface area contributed by atoms with E-state index in [1.165, 1.54) is 7.11 Å². The van der Waals surface area contributed by atoms with Crippen molar-refractivity contribution in [3.63, 3.8) is 0 Å². The lowest BCUT2D eigenvalue weighted by Gasteiger charge is -2.31. The zero-order chi connectivity index (χ0) is 28.5. The smallest absolute Gasteiger partial charge is 0.325 e. The molecule has 0 radical (unpaired) electrons. The van der Waals surface area contributed by atoms with Crippen molar-refractivity contribution in [2.24, 2.45) is 13.0 Å². The molecule has 0 aliphatic carbocycles. The summed E-state index contributed by atoms with van der Waals surface area (Å²) in [7, 11) is 3.13. The number of nitrogens with one attached hydrogen (secondary N) is 3. The second-order valence-electron chi connectivity index (χ2n) is 9.42. The van der Waals surface area contributed by atoms with Crippen LogP contribution in [0.1, 0.15) is 12.8 Å². The summed E-state index contributed by atoms with van der Waals surface area (Å²) in [4.78, 5) is 38.6. The normalized spacial score (nSPS) is 15.2. The molecule has 1 fully saturated rings. The molecule has 0 saturated carbocycles. The third kappa shape index (κ3) is 7.96. The number of benzene rings is 2. The highest BCUT2D eigenvalue weighted by Gasteiger charge is 2.26. The van der Waals surface area contributed by atoms with E-state index in [2.05, 4.69) is 30.7 Å². The van der Waals surface area contributed by atoms with E-state index in [1.54, 1.807) is 41.2 Å². The van der Waals surface area contributed by atoms with Crippen molar-refractivity contribution in [2.75, 3.05) is 50.5 Å². The number of carbonyl (C=O) groups excluding carboxylic acids is 3. The Morgan fingerprint density at radius 1 is 1.07 bits per heavy atom. The first kappa shape index (κ1) is 28.9. The number of carbonyl (C=O) groups is 3. The molecule has 40 heavy (non-hydrogen) atoms. The quantitative estimate of drug-likeness (QED) is 0.318. The molecule has 2 aromatic carbocycles. The number of aryl methyl sites for hydroxylation is 1. The highest BCUT2D eigenvalue weighted by Crippen LogP contribution is 2.32. The molecule has 4 rings (SSSR count). The molecule has 1 atom stereocenters. The van der Waals surface area contributed by atoms with Gasteiger partial charge in [0, 0.05) is 48.3 Å². The largest absolute Gasteiger partial charge is 0.492 e. The van der Waals surface area contributed by atoms with Gasteiger partial charge in [-0.3, -0.25) is 19.2 Å². The van der Waals surface area contributed by atoms with E-state index in [-0.39, 0.29) is 24.4 Å². The Hall–Kier alpha value is -4.09. The SMILES string of the molecule is COC(=O)CNC(=O)[C@H]1CCCN(CCOc2ccc(NC(=O)Nc3ccc(Cl)cc3)cc2-c2ccnn2C)C1. The number of hydrogen-bond acceptors (Lipinski definition) is 7. The van der Waals surface area contributed by atoms with Gasteiger partial charge >= 0.3 is 12.0 Å². The van der Waals surface area contributed by atoms with Crippen LogP contribution in [-0.2, 0) is 21.4 Å². The van der Waals surface area contributed by atoms with E-state index in [0.717, 1.165) is 30.6 Å². The topological polar surface area (TPSA) is 127 Å². The summed E-state index contributed by atoms with van der Waals surface area (Å²) < 4.78 is 12.5. The van der Waals surface area contributed by atoms with Crippen molar-refractivity contribution >= 4 is 40.9 Å². The van der Waals surface area contributed by atoms with Gasteiger partial charge in [0.05, 0.1) is 18.7 Å². The van der Waals surface area contributed by atoms with Crippen molar-refractivity contribution < 1.29 is 23.9 Å². The molecule has 1 aliphatic heterocycles. The van der Waals surface area contributed by atoms with Crippen LogP contribution in [0.4, 0.5) is 16.2 Å². The van der Waals surface area contributed by atoms with Crippen molar-refractivity contribution in [3.8, 4) is 17.0 Å². The number of anilines is 2. The van der Waals surface area contributed by atoms with Gasteiger partial charge in [-0.1, -0.05) is 11.6 Å². The fraction of sp³-hybridized carbons (Fsp3) is 0.357. The number of hydrogen-bond donors (Lipinski definition) is 3. The Morgan fingerprint density at radius 2 is 1.82 bits per heavy atom. The Morgan fingerprint density at radius 3 is 2.55 bits per heavy atom. The standard InChI is InChI=1S/C28H33ClN6O5/c1-34-24(11-12-31-34)23-16-22(33-28(38)32-21-7-5-20(29)6-8-21)9-10-25(23)40-15-14-35-13-3-4-19(18-35)27(37)30-17-26(36)39-2/h5-12,16,19H,3-4,13-15,17-18H2,1-2H3,(H,30,37)(H2,32,33,38)/t19-/m0/s1. The number of methoxy groups -OCH3 is 1. The zero-order valence-electron chi connectivity index (χ0n) is 22.5. The molecule has 3 aromatic rings. The highest BCUT2D eigenvalue weighted by atomic mass is 35.5. The first-order valence-electron chi connectivity index (χ1n) is 13.0. The number of ether oxygens (including phenoxy) is 2. The maximum Gasteiger partial charge on any atom is 0.325 e. The Kier molecular flexibility index (Phi) is 9.98. The number of esters is 1. The monoisotopic (exact) mass is 568 g/mol. The Labute approximate surface area is 237 Å². The minimum atomic E-state index is -0.470. The van der Waals surface area contributed by atoms with Crippen molar-refractivity contribution in [2.45, 2.75) is 12.8 Å². The maximum absolute atomic E-state index is 12.6. The van der Waals surface area contributed by atoms with Crippen molar-refractivity contribution in [1.82, 2.24) is 20.0 Å². The van der Waals surface area contributed by atoms with E-state index in [9.17, 15) is 14.4 Å². The second kappa shape index (κ2) is 13.8. The van der Waals surface area contributed by atoms with Crippen molar-refractivity contribution in [1.29, 1.82) is 0 Å². The van der Waals surface area contributed by atoms with Crippen LogP contribution in [0.2, 0.25) is 5.02 Å². The summed E-state index contributed by atoms with van der Waals surface area (Å²) in [5, 5.41) is 13.1. The number of urea groups is 1. The van der Waals surface area contributed by atoms with Crippen LogP contribution in [0, 0.1) is 5.92 Å². The molecular weight excluding hydrogens is 536 g/mol. The Balaban J connectivity index is 1.37. The number of piperidine rings is 1. The first-order valence-corrected chi connectivity index (χ1v) is 13.4. The molecule has 1 saturated heterocycles. The van der Waals surface area contributed by atoms with Crippen molar-refractivity contribution in [3.05, 3.63) is 59.8 Å². The number of nitrogens with zero attached hydrogens (tertiary/aromatic N) is 3. The molecule has 212 valence electrons. The molecule has 3 N–H and O–H groups in total. The van der Waals surface area contributed by atoms with E-state index in [4.69, 9.17) is 16.3 Å². The van der Waals surface area contributed by atoms with E-state index >= 15 is 0 Å². The van der Waals surface area contributed by atoms with Crippen LogP contribution in [0.25, 0.3) is 11.3 Å². The highest BCUT2D eigenvalue weighted by molar-refractivity contribution is 6.30. The predicted octanol–water partition coefficient (Wildman–Crippen LogP) is 3.76. The fourth-order valence-electron chi connectivity index (χ4n) is 4.53. The summed E-state index contributed by atoms with van der Waals surface area (Å²) in [5.74, 6) is -0.149. The summed E-state index contributed by atoms with van der Waals surface area (Å²) in [5.41, 5.74) is 2.82. The van der Waals surface area contributed by atoms with Crippen LogP contribution in [0.3, 0.4) is 0 Å². The van der Waals surface area contributed by atoms with E-state index < -0.39 is 5.97 Å². The van der Waals surface area contributed by atoms with E-state index in [0.29, 0.717) is 41.8 Å². The van der Waals surface area contributed by atoms with Gasteiger partial charge in [0.15, 0.2) is 0 Å². The van der Waals surface area contributed by atoms with Gasteiger partial charge in [0.25, 0.3) is 0 Å². The molecule has 0 unspecified atom stereocenters. The predicted molar refractivity (Wildman–Crippen MR) is 152 cm³/mol. The Bertz CT molecular complexity index is 1330. The van der Waals surface area contributed by atoms with Gasteiger partial charge in [0.1, 0.15) is 18.9 Å². The van der Waals surface area contributed by atoms with E-state index in [1.807, 2.05) is 25.2 Å². The van der Waals surface area contributed by atoms with Crippen LogP contribution >= 0.6 is 11.6 Å². The minimum absolute atomic E-state index is 0.126. The number of halogens is 1. The average molecular weight is 569 g/mol.